The zero-order valence-corrected chi connectivity index (χ0v) is 9.61. The van der Waals surface area contributed by atoms with Crippen LogP contribution in [0.4, 0.5) is 5.82 Å². The van der Waals surface area contributed by atoms with Crippen LogP contribution in [0.3, 0.4) is 0 Å². The fourth-order valence-electron chi connectivity index (χ4n) is 1.26. The van der Waals surface area contributed by atoms with E-state index in [4.69, 9.17) is 4.52 Å². The zero-order chi connectivity index (χ0) is 12.1. The standard InChI is InChI=1S/C10H15N3O3/c1-7-6-10(12-16-7)13(9(3)15)5-4-11-8(2)14/h6H,4-5H2,1-3H3,(H,11,14). The molecule has 16 heavy (non-hydrogen) atoms. The maximum Gasteiger partial charge on any atom is 0.225 e. The Morgan fingerprint density at radius 3 is 2.62 bits per heavy atom. The Morgan fingerprint density at radius 1 is 1.50 bits per heavy atom. The van der Waals surface area contributed by atoms with Gasteiger partial charge in [-0.2, -0.15) is 0 Å². The number of anilines is 1. The second-order valence-electron chi connectivity index (χ2n) is 3.45. The molecular formula is C10H15N3O3. The van der Waals surface area contributed by atoms with E-state index in [1.807, 2.05) is 0 Å². The van der Waals surface area contributed by atoms with Crippen molar-refractivity contribution in [2.75, 3.05) is 18.0 Å². The molecule has 0 aliphatic carbocycles. The number of amides is 2. The summed E-state index contributed by atoms with van der Waals surface area (Å²) in [6.07, 6.45) is 0. The first-order valence-corrected chi connectivity index (χ1v) is 4.96. The molecule has 1 aromatic heterocycles. The maximum atomic E-state index is 11.4. The summed E-state index contributed by atoms with van der Waals surface area (Å²) in [6.45, 7) is 5.39. The Labute approximate surface area is 93.6 Å². The van der Waals surface area contributed by atoms with Crippen molar-refractivity contribution in [3.05, 3.63) is 11.8 Å². The van der Waals surface area contributed by atoms with Gasteiger partial charge in [0.15, 0.2) is 5.82 Å². The van der Waals surface area contributed by atoms with E-state index in [0.717, 1.165) is 0 Å². The Balaban J connectivity index is 2.62. The van der Waals surface area contributed by atoms with Gasteiger partial charge in [-0.1, -0.05) is 5.16 Å². The van der Waals surface area contributed by atoms with Crippen molar-refractivity contribution in [3.8, 4) is 0 Å². The maximum absolute atomic E-state index is 11.4. The predicted molar refractivity (Wildman–Crippen MR) is 58.0 cm³/mol. The van der Waals surface area contributed by atoms with E-state index >= 15 is 0 Å². The van der Waals surface area contributed by atoms with E-state index in [1.54, 1.807) is 13.0 Å². The van der Waals surface area contributed by atoms with Gasteiger partial charge in [0.05, 0.1) is 0 Å². The molecule has 0 spiro atoms. The molecule has 88 valence electrons. The summed E-state index contributed by atoms with van der Waals surface area (Å²) in [7, 11) is 0. The topological polar surface area (TPSA) is 75.4 Å². The average molecular weight is 225 g/mol. The van der Waals surface area contributed by atoms with Crippen molar-refractivity contribution in [3.63, 3.8) is 0 Å². The van der Waals surface area contributed by atoms with Crippen LogP contribution in [0.1, 0.15) is 19.6 Å². The molecule has 0 aromatic carbocycles. The average Bonchev–Trinajstić information content (AvgIpc) is 2.58. The highest BCUT2D eigenvalue weighted by atomic mass is 16.5. The van der Waals surface area contributed by atoms with Gasteiger partial charge in [0, 0.05) is 33.0 Å². The van der Waals surface area contributed by atoms with Crippen molar-refractivity contribution in [1.29, 1.82) is 0 Å². The van der Waals surface area contributed by atoms with E-state index in [-0.39, 0.29) is 11.8 Å². The van der Waals surface area contributed by atoms with Gasteiger partial charge >= 0.3 is 0 Å². The van der Waals surface area contributed by atoms with E-state index in [0.29, 0.717) is 24.7 Å². The molecule has 0 aliphatic heterocycles. The summed E-state index contributed by atoms with van der Waals surface area (Å²) in [5, 5.41) is 6.37. The molecule has 0 unspecified atom stereocenters. The van der Waals surface area contributed by atoms with Crippen molar-refractivity contribution >= 4 is 17.6 Å². The van der Waals surface area contributed by atoms with Crippen LogP contribution in [0.25, 0.3) is 0 Å². The van der Waals surface area contributed by atoms with Crippen LogP contribution >= 0.6 is 0 Å². The van der Waals surface area contributed by atoms with Crippen LogP contribution in [0.5, 0.6) is 0 Å². The van der Waals surface area contributed by atoms with Gasteiger partial charge < -0.3 is 9.84 Å². The van der Waals surface area contributed by atoms with Gasteiger partial charge in [-0.25, -0.2) is 0 Å². The highest BCUT2D eigenvalue weighted by molar-refractivity contribution is 5.90. The summed E-state index contributed by atoms with van der Waals surface area (Å²) >= 11 is 0. The van der Waals surface area contributed by atoms with Crippen LogP contribution in [0, 0.1) is 6.92 Å². The molecule has 0 atom stereocenters. The number of carbonyl (C=O) groups excluding carboxylic acids is 2. The largest absolute Gasteiger partial charge is 0.360 e. The van der Waals surface area contributed by atoms with Crippen molar-refractivity contribution in [1.82, 2.24) is 10.5 Å². The van der Waals surface area contributed by atoms with Gasteiger partial charge in [-0.3, -0.25) is 14.5 Å². The van der Waals surface area contributed by atoms with E-state index < -0.39 is 0 Å². The van der Waals surface area contributed by atoms with Crippen LogP contribution in [0.2, 0.25) is 0 Å². The second-order valence-corrected chi connectivity index (χ2v) is 3.45. The second kappa shape index (κ2) is 5.29. The van der Waals surface area contributed by atoms with Crippen molar-refractivity contribution in [2.45, 2.75) is 20.8 Å². The Morgan fingerprint density at radius 2 is 2.19 bits per heavy atom. The van der Waals surface area contributed by atoms with Crippen LogP contribution in [-0.2, 0) is 9.59 Å². The number of hydrogen-bond donors (Lipinski definition) is 1. The quantitative estimate of drug-likeness (QED) is 0.808. The number of carbonyl (C=O) groups is 2. The summed E-state index contributed by atoms with van der Waals surface area (Å²) in [6, 6.07) is 1.68. The summed E-state index contributed by atoms with van der Waals surface area (Å²) in [5.74, 6) is 0.842. The minimum absolute atomic E-state index is 0.125. The van der Waals surface area contributed by atoms with Crippen molar-refractivity contribution in [2.24, 2.45) is 0 Å². The SMILES string of the molecule is CC(=O)NCCN(C(C)=O)c1cc(C)on1. The molecule has 6 heteroatoms. The van der Waals surface area contributed by atoms with Gasteiger partial charge in [0.1, 0.15) is 5.76 Å². The number of hydrogen-bond acceptors (Lipinski definition) is 4. The monoisotopic (exact) mass is 225 g/mol. The number of nitrogens with zero attached hydrogens (tertiary/aromatic N) is 2. The number of nitrogens with one attached hydrogen (secondary N) is 1. The lowest BCUT2D eigenvalue weighted by atomic mass is 10.4. The third kappa shape index (κ3) is 3.38. The number of aromatic nitrogens is 1. The molecular weight excluding hydrogens is 210 g/mol. The van der Waals surface area contributed by atoms with Gasteiger partial charge in [-0.05, 0) is 6.92 Å². The normalized spacial score (nSPS) is 9.94. The molecule has 1 N–H and O–H groups in total. The molecule has 1 heterocycles. The highest BCUT2D eigenvalue weighted by Crippen LogP contribution is 2.13. The zero-order valence-electron chi connectivity index (χ0n) is 9.61. The Kier molecular flexibility index (Phi) is 4.04. The minimum atomic E-state index is -0.140. The number of aryl methyl sites for hydroxylation is 1. The molecule has 0 radical (unpaired) electrons. The van der Waals surface area contributed by atoms with Gasteiger partial charge in [-0.15, -0.1) is 0 Å². The summed E-state index contributed by atoms with van der Waals surface area (Å²) in [5.41, 5.74) is 0. The van der Waals surface area contributed by atoms with Crippen LogP contribution < -0.4 is 10.2 Å². The van der Waals surface area contributed by atoms with E-state index in [2.05, 4.69) is 10.5 Å². The van der Waals surface area contributed by atoms with Crippen LogP contribution in [-0.4, -0.2) is 30.1 Å². The fourth-order valence-corrected chi connectivity index (χ4v) is 1.26. The fraction of sp³-hybridized carbons (Fsp3) is 0.500. The molecule has 0 fully saturated rings. The van der Waals surface area contributed by atoms with E-state index in [9.17, 15) is 9.59 Å². The predicted octanol–water partition coefficient (Wildman–Crippen LogP) is 0.472. The molecule has 0 saturated heterocycles. The molecule has 1 aromatic rings. The third-order valence-electron chi connectivity index (χ3n) is 1.98. The van der Waals surface area contributed by atoms with Gasteiger partial charge in [0.25, 0.3) is 0 Å². The lowest BCUT2D eigenvalue weighted by Crippen LogP contribution is -2.37. The number of rotatable bonds is 4. The molecule has 0 aliphatic rings. The molecule has 0 saturated carbocycles. The van der Waals surface area contributed by atoms with Crippen LogP contribution in [0.15, 0.2) is 10.6 Å². The molecule has 0 bridgehead atoms. The van der Waals surface area contributed by atoms with Gasteiger partial charge in [0.2, 0.25) is 11.8 Å². The van der Waals surface area contributed by atoms with Crippen molar-refractivity contribution < 1.29 is 14.1 Å². The smallest absolute Gasteiger partial charge is 0.225 e. The Bertz CT molecular complexity index is 386. The third-order valence-corrected chi connectivity index (χ3v) is 1.98. The molecule has 6 nitrogen and oxygen atoms in total. The first kappa shape index (κ1) is 12.2. The summed E-state index contributed by atoms with van der Waals surface area (Å²) < 4.78 is 4.89. The first-order chi connectivity index (χ1) is 7.50. The van der Waals surface area contributed by atoms with E-state index in [1.165, 1.54) is 18.7 Å². The summed E-state index contributed by atoms with van der Waals surface area (Å²) in [4.78, 5) is 23.5. The lowest BCUT2D eigenvalue weighted by Gasteiger charge is -2.17. The first-order valence-electron chi connectivity index (χ1n) is 4.96. The lowest BCUT2D eigenvalue weighted by molar-refractivity contribution is -0.119. The molecule has 2 amide bonds. The highest BCUT2D eigenvalue weighted by Gasteiger charge is 2.14. The molecule has 1 rings (SSSR count). The Hall–Kier alpha value is -1.85. The minimum Gasteiger partial charge on any atom is -0.360 e.